The van der Waals surface area contributed by atoms with Crippen LogP contribution in [0.25, 0.3) is 0 Å². The quantitative estimate of drug-likeness (QED) is 0.780. The fourth-order valence-corrected chi connectivity index (χ4v) is 2.09. The smallest absolute Gasteiger partial charge is 0.164 e. The van der Waals surface area contributed by atoms with E-state index in [0.717, 1.165) is 5.56 Å². The van der Waals surface area contributed by atoms with Crippen molar-refractivity contribution >= 4 is 17.4 Å². The Hall–Kier alpha value is -2.11. The van der Waals surface area contributed by atoms with Crippen molar-refractivity contribution in [1.82, 2.24) is 0 Å². The van der Waals surface area contributed by atoms with Crippen molar-refractivity contribution in [2.24, 2.45) is 0 Å². The topological polar surface area (TPSA) is 40.9 Å². The minimum atomic E-state index is -0.466. The lowest BCUT2D eigenvalue weighted by atomic mass is 9.93. The molecule has 0 aliphatic rings. The molecule has 2 rings (SSSR count). The van der Waals surface area contributed by atoms with Crippen molar-refractivity contribution in [2.75, 3.05) is 0 Å². The average Bonchev–Trinajstić information content (AvgIpc) is 2.45. The van der Waals surface area contributed by atoms with Crippen LogP contribution in [0.4, 0.5) is 0 Å². The number of rotatable bonds is 4. The molecule has 3 heteroatoms. The Morgan fingerprint density at radius 2 is 1.89 bits per heavy atom. The number of halogens is 1. The van der Waals surface area contributed by atoms with Crippen LogP contribution >= 0.6 is 11.6 Å². The Kier molecular flexibility index (Phi) is 4.33. The molecule has 94 valence electrons. The molecule has 0 unspecified atom stereocenters. The van der Waals surface area contributed by atoms with Crippen LogP contribution in [0, 0.1) is 11.3 Å². The van der Waals surface area contributed by atoms with E-state index < -0.39 is 5.92 Å². The summed E-state index contributed by atoms with van der Waals surface area (Å²) >= 11 is 5.91. The molecule has 0 saturated carbocycles. The number of Topliss-reactive ketones (excluding diaryl/α,β-unsaturated/α-hetero) is 1. The molecule has 19 heavy (non-hydrogen) atoms. The molecule has 0 bridgehead atoms. The summed E-state index contributed by atoms with van der Waals surface area (Å²) in [7, 11) is 0. The molecule has 0 aliphatic carbocycles. The lowest BCUT2D eigenvalue weighted by Crippen LogP contribution is -2.06. The van der Waals surface area contributed by atoms with Crippen LogP contribution in [-0.2, 0) is 0 Å². The predicted molar refractivity (Wildman–Crippen MR) is 75.2 cm³/mol. The molecule has 0 aromatic heterocycles. The number of nitrogens with zero attached hydrogens (tertiary/aromatic N) is 1. The highest BCUT2D eigenvalue weighted by Crippen LogP contribution is 2.23. The van der Waals surface area contributed by atoms with Crippen molar-refractivity contribution in [3.05, 3.63) is 70.7 Å². The van der Waals surface area contributed by atoms with Gasteiger partial charge in [-0.25, -0.2) is 0 Å². The molecule has 0 heterocycles. The van der Waals surface area contributed by atoms with Gasteiger partial charge in [0.1, 0.15) is 0 Å². The third-order valence-electron chi connectivity index (χ3n) is 2.89. The minimum Gasteiger partial charge on any atom is -0.294 e. The van der Waals surface area contributed by atoms with Crippen molar-refractivity contribution in [2.45, 2.75) is 12.3 Å². The van der Waals surface area contributed by atoms with Crippen LogP contribution in [0.1, 0.15) is 28.3 Å². The van der Waals surface area contributed by atoms with Crippen LogP contribution in [0.5, 0.6) is 0 Å². The van der Waals surface area contributed by atoms with E-state index in [0.29, 0.717) is 10.6 Å². The second kappa shape index (κ2) is 6.17. The van der Waals surface area contributed by atoms with Gasteiger partial charge in [0.25, 0.3) is 0 Å². The summed E-state index contributed by atoms with van der Waals surface area (Å²) in [6, 6.07) is 18.3. The van der Waals surface area contributed by atoms with E-state index in [1.807, 2.05) is 24.3 Å². The molecule has 0 N–H and O–H groups in total. The van der Waals surface area contributed by atoms with Crippen molar-refractivity contribution < 1.29 is 4.79 Å². The molecule has 2 aromatic rings. The normalized spacial score (nSPS) is 11.6. The monoisotopic (exact) mass is 269 g/mol. The summed E-state index contributed by atoms with van der Waals surface area (Å²) < 4.78 is 0. The molecule has 2 nitrogen and oxygen atoms in total. The van der Waals surface area contributed by atoms with E-state index >= 15 is 0 Å². The highest BCUT2D eigenvalue weighted by Gasteiger charge is 2.16. The molecular weight excluding hydrogens is 258 g/mol. The minimum absolute atomic E-state index is 0.0351. The van der Waals surface area contributed by atoms with Gasteiger partial charge in [0.05, 0.1) is 12.0 Å². The van der Waals surface area contributed by atoms with Gasteiger partial charge in [-0.05, 0) is 17.7 Å². The number of carbonyl (C=O) groups is 1. The third-order valence-corrected chi connectivity index (χ3v) is 3.13. The zero-order valence-corrected chi connectivity index (χ0v) is 11.0. The molecule has 0 amide bonds. The van der Waals surface area contributed by atoms with Gasteiger partial charge in [0.15, 0.2) is 5.78 Å². The SMILES string of the molecule is N#C[C@H](CC(=O)c1ccccc1)c1cccc(Cl)c1. The van der Waals surface area contributed by atoms with Gasteiger partial charge in [0.2, 0.25) is 0 Å². The molecule has 1 atom stereocenters. The number of hydrogen-bond donors (Lipinski definition) is 0. The lowest BCUT2D eigenvalue weighted by molar-refractivity contribution is 0.0979. The van der Waals surface area contributed by atoms with Gasteiger partial charge >= 0.3 is 0 Å². The molecule has 0 spiro atoms. The first kappa shape index (κ1) is 13.3. The summed E-state index contributed by atoms with van der Waals surface area (Å²) in [6.07, 6.45) is 0.168. The standard InChI is InChI=1S/C16H12ClNO/c17-15-8-4-7-13(9-15)14(11-18)10-16(19)12-5-2-1-3-6-12/h1-9,14H,10H2/t14-/m0/s1. The van der Waals surface area contributed by atoms with E-state index in [-0.39, 0.29) is 12.2 Å². The summed E-state index contributed by atoms with van der Waals surface area (Å²) in [5.41, 5.74) is 1.41. The summed E-state index contributed by atoms with van der Waals surface area (Å²) in [6.45, 7) is 0. The fraction of sp³-hybridized carbons (Fsp3) is 0.125. The summed E-state index contributed by atoms with van der Waals surface area (Å²) in [5.74, 6) is -0.501. The largest absolute Gasteiger partial charge is 0.294 e. The van der Waals surface area contributed by atoms with Gasteiger partial charge in [0, 0.05) is 17.0 Å². The van der Waals surface area contributed by atoms with Gasteiger partial charge in [-0.3, -0.25) is 4.79 Å². The molecule has 0 radical (unpaired) electrons. The van der Waals surface area contributed by atoms with Crippen molar-refractivity contribution in [1.29, 1.82) is 5.26 Å². The van der Waals surface area contributed by atoms with Crippen LogP contribution in [0.3, 0.4) is 0 Å². The van der Waals surface area contributed by atoms with Gasteiger partial charge in [-0.2, -0.15) is 5.26 Å². The zero-order chi connectivity index (χ0) is 13.7. The second-order valence-electron chi connectivity index (χ2n) is 4.23. The Morgan fingerprint density at radius 1 is 1.16 bits per heavy atom. The number of benzene rings is 2. The highest BCUT2D eigenvalue weighted by atomic mass is 35.5. The highest BCUT2D eigenvalue weighted by molar-refractivity contribution is 6.30. The molecular formula is C16H12ClNO. The van der Waals surface area contributed by atoms with Crippen LogP contribution in [0.15, 0.2) is 54.6 Å². The maximum atomic E-state index is 12.1. The Labute approximate surface area is 117 Å². The summed E-state index contributed by atoms with van der Waals surface area (Å²) in [5, 5.41) is 9.79. The van der Waals surface area contributed by atoms with Gasteiger partial charge in [-0.15, -0.1) is 0 Å². The first-order valence-corrected chi connectivity index (χ1v) is 6.32. The number of carbonyl (C=O) groups excluding carboxylic acids is 1. The molecule has 0 saturated heterocycles. The molecule has 0 aliphatic heterocycles. The first-order valence-electron chi connectivity index (χ1n) is 5.94. The third kappa shape index (κ3) is 3.43. The Morgan fingerprint density at radius 3 is 2.53 bits per heavy atom. The predicted octanol–water partition coefficient (Wildman–Crippen LogP) is 4.22. The van der Waals surface area contributed by atoms with E-state index in [4.69, 9.17) is 11.6 Å². The first-order chi connectivity index (χ1) is 9.20. The Bertz CT molecular complexity index is 616. The van der Waals surface area contributed by atoms with Crippen LogP contribution < -0.4 is 0 Å². The van der Waals surface area contributed by atoms with E-state index in [1.165, 1.54) is 0 Å². The summed E-state index contributed by atoms with van der Waals surface area (Å²) in [4.78, 5) is 12.1. The van der Waals surface area contributed by atoms with Gasteiger partial charge < -0.3 is 0 Å². The van der Waals surface area contributed by atoms with E-state index in [1.54, 1.807) is 30.3 Å². The van der Waals surface area contributed by atoms with Crippen molar-refractivity contribution in [3.63, 3.8) is 0 Å². The molecule has 2 aromatic carbocycles. The van der Waals surface area contributed by atoms with E-state index in [9.17, 15) is 10.1 Å². The second-order valence-corrected chi connectivity index (χ2v) is 4.67. The average molecular weight is 270 g/mol. The lowest BCUT2D eigenvalue weighted by Gasteiger charge is -2.09. The fourth-order valence-electron chi connectivity index (χ4n) is 1.89. The maximum absolute atomic E-state index is 12.1. The maximum Gasteiger partial charge on any atom is 0.164 e. The van der Waals surface area contributed by atoms with Crippen LogP contribution in [-0.4, -0.2) is 5.78 Å². The number of nitriles is 1. The molecule has 0 fully saturated rings. The van der Waals surface area contributed by atoms with Crippen LogP contribution in [0.2, 0.25) is 5.02 Å². The number of hydrogen-bond acceptors (Lipinski definition) is 2. The van der Waals surface area contributed by atoms with Gasteiger partial charge in [-0.1, -0.05) is 54.1 Å². The van der Waals surface area contributed by atoms with E-state index in [2.05, 4.69) is 6.07 Å². The number of ketones is 1. The van der Waals surface area contributed by atoms with Crippen molar-refractivity contribution in [3.8, 4) is 6.07 Å². The Balaban J connectivity index is 2.17. The zero-order valence-electron chi connectivity index (χ0n) is 10.2.